The molecular weight excluding hydrogens is 222 g/mol. The molecule has 0 aliphatic heterocycles. The molecule has 1 aliphatic carbocycles. The van der Waals surface area contributed by atoms with Crippen LogP contribution in [0.3, 0.4) is 0 Å². The number of nitrogens with one attached hydrogen (secondary N) is 1. The predicted octanol–water partition coefficient (Wildman–Crippen LogP) is 1.93. The van der Waals surface area contributed by atoms with Crippen molar-refractivity contribution in [2.24, 2.45) is 5.41 Å². The van der Waals surface area contributed by atoms with Crippen LogP contribution in [0.2, 0.25) is 0 Å². The zero-order valence-electron chi connectivity index (χ0n) is 10.5. The van der Waals surface area contributed by atoms with Crippen LogP contribution in [-0.2, 0) is 9.53 Å². The summed E-state index contributed by atoms with van der Waals surface area (Å²) in [5.74, 6) is -0.902. The van der Waals surface area contributed by atoms with E-state index in [1.54, 1.807) is 20.8 Å². The van der Waals surface area contributed by atoms with E-state index < -0.39 is 23.1 Å². The Morgan fingerprint density at radius 3 is 2.35 bits per heavy atom. The fraction of sp³-hybridized carbons (Fsp3) is 0.667. The molecule has 1 aliphatic rings. The Hall–Kier alpha value is -1.52. The van der Waals surface area contributed by atoms with Gasteiger partial charge in [-0.3, -0.25) is 4.79 Å². The SMILES string of the molecule is C=C1CC(CNC(=O)OC(C)(C)C)(C(=O)O)C1. The number of rotatable bonds is 3. The minimum atomic E-state index is -0.902. The van der Waals surface area contributed by atoms with Gasteiger partial charge in [0, 0.05) is 6.54 Å². The summed E-state index contributed by atoms with van der Waals surface area (Å²) in [5, 5.41) is 11.6. The Morgan fingerprint density at radius 1 is 1.47 bits per heavy atom. The van der Waals surface area contributed by atoms with Crippen LogP contribution < -0.4 is 5.32 Å². The highest BCUT2D eigenvalue weighted by Gasteiger charge is 2.47. The monoisotopic (exact) mass is 241 g/mol. The van der Waals surface area contributed by atoms with Gasteiger partial charge in [0.15, 0.2) is 0 Å². The minimum Gasteiger partial charge on any atom is -0.481 e. The summed E-state index contributed by atoms with van der Waals surface area (Å²) < 4.78 is 5.04. The van der Waals surface area contributed by atoms with Crippen molar-refractivity contribution in [1.82, 2.24) is 5.32 Å². The number of carbonyl (C=O) groups is 2. The van der Waals surface area contributed by atoms with Gasteiger partial charge in [0.1, 0.15) is 5.60 Å². The van der Waals surface area contributed by atoms with E-state index in [1.165, 1.54) is 0 Å². The van der Waals surface area contributed by atoms with Gasteiger partial charge in [0.2, 0.25) is 0 Å². The van der Waals surface area contributed by atoms with Gasteiger partial charge in [0.05, 0.1) is 5.41 Å². The minimum absolute atomic E-state index is 0.0796. The molecule has 96 valence electrons. The number of amides is 1. The lowest BCUT2D eigenvalue weighted by molar-refractivity contribution is -0.151. The fourth-order valence-corrected chi connectivity index (χ4v) is 1.81. The molecule has 0 atom stereocenters. The van der Waals surface area contributed by atoms with E-state index in [-0.39, 0.29) is 6.54 Å². The maximum atomic E-state index is 11.4. The summed E-state index contributed by atoms with van der Waals surface area (Å²) >= 11 is 0. The molecule has 17 heavy (non-hydrogen) atoms. The average molecular weight is 241 g/mol. The van der Waals surface area contributed by atoms with Crippen molar-refractivity contribution in [2.45, 2.75) is 39.2 Å². The zero-order valence-corrected chi connectivity index (χ0v) is 10.5. The van der Waals surface area contributed by atoms with Crippen molar-refractivity contribution in [1.29, 1.82) is 0 Å². The van der Waals surface area contributed by atoms with Crippen molar-refractivity contribution >= 4 is 12.1 Å². The Morgan fingerprint density at radius 2 is 2.00 bits per heavy atom. The quantitative estimate of drug-likeness (QED) is 0.740. The Balaban J connectivity index is 2.47. The molecule has 1 rings (SSSR count). The normalized spacial score (nSPS) is 18.2. The van der Waals surface area contributed by atoms with Crippen LogP contribution in [0.4, 0.5) is 4.79 Å². The summed E-state index contributed by atoms with van der Waals surface area (Å²) in [5.41, 5.74) is -0.573. The predicted molar refractivity (Wildman–Crippen MR) is 62.7 cm³/mol. The van der Waals surface area contributed by atoms with Crippen LogP contribution in [0.5, 0.6) is 0 Å². The van der Waals surface area contributed by atoms with Crippen LogP contribution in [0.25, 0.3) is 0 Å². The van der Waals surface area contributed by atoms with E-state index in [9.17, 15) is 9.59 Å². The van der Waals surface area contributed by atoms with Gasteiger partial charge in [-0.25, -0.2) is 4.79 Å². The van der Waals surface area contributed by atoms with Gasteiger partial charge < -0.3 is 15.2 Å². The average Bonchev–Trinajstić information content (AvgIpc) is 2.06. The molecule has 0 saturated heterocycles. The molecule has 5 nitrogen and oxygen atoms in total. The molecule has 0 bridgehead atoms. The molecule has 0 aromatic rings. The molecule has 0 heterocycles. The zero-order chi connectivity index (χ0) is 13.3. The van der Waals surface area contributed by atoms with Crippen LogP contribution in [0, 0.1) is 5.41 Å². The summed E-state index contributed by atoms with van der Waals surface area (Å²) in [6, 6.07) is 0. The van der Waals surface area contributed by atoms with E-state index in [0.29, 0.717) is 12.8 Å². The molecule has 0 aromatic heterocycles. The van der Waals surface area contributed by atoms with E-state index >= 15 is 0 Å². The maximum Gasteiger partial charge on any atom is 0.407 e. The third kappa shape index (κ3) is 3.47. The summed E-state index contributed by atoms with van der Waals surface area (Å²) in [6.45, 7) is 9.06. The number of allylic oxidation sites excluding steroid dienone is 1. The first-order valence-electron chi connectivity index (χ1n) is 5.51. The molecule has 1 fully saturated rings. The standard InChI is InChI=1S/C12H19NO4/c1-8-5-12(6-8,9(14)15)7-13-10(16)17-11(2,3)4/h1,5-7H2,2-4H3,(H,13,16)(H,14,15). The van der Waals surface area contributed by atoms with Crippen LogP contribution in [0.1, 0.15) is 33.6 Å². The summed E-state index contributed by atoms with van der Waals surface area (Å²) in [6.07, 6.45) is 0.242. The number of carboxylic acid groups (broad SMARTS) is 1. The van der Waals surface area contributed by atoms with Crippen molar-refractivity contribution in [3.63, 3.8) is 0 Å². The second-order valence-corrected chi connectivity index (χ2v) is 5.54. The van der Waals surface area contributed by atoms with Crippen LogP contribution >= 0.6 is 0 Å². The lowest BCUT2D eigenvalue weighted by Crippen LogP contribution is -2.49. The van der Waals surface area contributed by atoms with Gasteiger partial charge >= 0.3 is 12.1 Å². The summed E-state index contributed by atoms with van der Waals surface area (Å²) in [7, 11) is 0. The van der Waals surface area contributed by atoms with Gasteiger partial charge in [-0.05, 0) is 33.6 Å². The van der Waals surface area contributed by atoms with Crippen molar-refractivity contribution in [2.75, 3.05) is 6.54 Å². The molecule has 0 aromatic carbocycles. The van der Waals surface area contributed by atoms with Gasteiger partial charge in [-0.2, -0.15) is 0 Å². The van der Waals surface area contributed by atoms with Gasteiger partial charge in [0.25, 0.3) is 0 Å². The van der Waals surface area contributed by atoms with Crippen LogP contribution in [-0.4, -0.2) is 29.3 Å². The molecule has 0 spiro atoms. The fourth-order valence-electron chi connectivity index (χ4n) is 1.81. The third-order valence-corrected chi connectivity index (χ3v) is 2.60. The second-order valence-electron chi connectivity index (χ2n) is 5.54. The lowest BCUT2D eigenvalue weighted by Gasteiger charge is -2.39. The maximum absolute atomic E-state index is 11.4. The van der Waals surface area contributed by atoms with Gasteiger partial charge in [-0.1, -0.05) is 12.2 Å². The summed E-state index contributed by atoms with van der Waals surface area (Å²) in [4.78, 5) is 22.5. The highest BCUT2D eigenvalue weighted by atomic mass is 16.6. The lowest BCUT2D eigenvalue weighted by atomic mass is 9.66. The smallest absolute Gasteiger partial charge is 0.407 e. The van der Waals surface area contributed by atoms with E-state index in [0.717, 1.165) is 5.57 Å². The highest BCUT2D eigenvalue weighted by Crippen LogP contribution is 2.44. The number of carbonyl (C=O) groups excluding carboxylic acids is 1. The van der Waals surface area contributed by atoms with Crippen molar-refractivity contribution in [3.05, 3.63) is 12.2 Å². The van der Waals surface area contributed by atoms with Gasteiger partial charge in [-0.15, -0.1) is 0 Å². The second kappa shape index (κ2) is 4.39. The van der Waals surface area contributed by atoms with Crippen LogP contribution in [0.15, 0.2) is 12.2 Å². The Kier molecular flexibility index (Phi) is 3.50. The number of hydrogen-bond acceptors (Lipinski definition) is 3. The molecule has 0 radical (unpaired) electrons. The van der Waals surface area contributed by atoms with Crippen molar-refractivity contribution < 1.29 is 19.4 Å². The van der Waals surface area contributed by atoms with Crippen molar-refractivity contribution in [3.8, 4) is 0 Å². The Labute approximate surface area is 101 Å². The number of hydrogen-bond donors (Lipinski definition) is 2. The largest absolute Gasteiger partial charge is 0.481 e. The van der Waals surface area contributed by atoms with E-state index in [2.05, 4.69) is 11.9 Å². The molecule has 0 unspecified atom stereocenters. The van der Waals surface area contributed by atoms with E-state index in [4.69, 9.17) is 9.84 Å². The molecule has 1 saturated carbocycles. The molecule has 5 heteroatoms. The Bertz CT molecular complexity index is 346. The first-order chi connectivity index (χ1) is 7.65. The number of alkyl carbamates (subject to hydrolysis) is 1. The first-order valence-corrected chi connectivity index (χ1v) is 5.51. The van der Waals surface area contributed by atoms with E-state index in [1.807, 2.05) is 0 Å². The third-order valence-electron chi connectivity index (χ3n) is 2.60. The molecular formula is C12H19NO4. The number of ether oxygens (including phenoxy) is 1. The molecule has 1 amide bonds. The topological polar surface area (TPSA) is 75.6 Å². The highest BCUT2D eigenvalue weighted by molar-refractivity contribution is 5.79. The first kappa shape index (κ1) is 13.5. The number of carboxylic acids is 1. The number of aliphatic carboxylic acids is 1. The molecule has 2 N–H and O–H groups in total.